The van der Waals surface area contributed by atoms with E-state index in [-0.39, 0.29) is 11.7 Å². The SMILES string of the molecule is Cc1ccc2c(c1)C(O)CC1(CCC(C(C)(C)C)CC1)O2. The summed E-state index contributed by atoms with van der Waals surface area (Å²) in [7, 11) is 0. The van der Waals surface area contributed by atoms with Crippen molar-refractivity contribution in [3.05, 3.63) is 29.3 Å². The van der Waals surface area contributed by atoms with E-state index >= 15 is 0 Å². The van der Waals surface area contributed by atoms with Crippen LogP contribution in [0.1, 0.15) is 70.1 Å². The Morgan fingerprint density at radius 3 is 2.48 bits per heavy atom. The zero-order chi connectivity index (χ0) is 15.3. The quantitative estimate of drug-likeness (QED) is 0.744. The summed E-state index contributed by atoms with van der Waals surface area (Å²) in [6.07, 6.45) is 4.92. The van der Waals surface area contributed by atoms with E-state index in [1.807, 2.05) is 6.07 Å². The van der Waals surface area contributed by atoms with Crippen LogP contribution < -0.4 is 4.74 Å². The van der Waals surface area contributed by atoms with Crippen LogP contribution in [0.2, 0.25) is 0 Å². The first-order chi connectivity index (χ1) is 9.79. The summed E-state index contributed by atoms with van der Waals surface area (Å²) in [6, 6.07) is 6.17. The molecular weight excluding hydrogens is 260 g/mol. The fraction of sp³-hybridized carbons (Fsp3) is 0.684. The molecule has 1 aliphatic carbocycles. The van der Waals surface area contributed by atoms with Crippen LogP contribution >= 0.6 is 0 Å². The van der Waals surface area contributed by atoms with Crippen molar-refractivity contribution in [1.82, 2.24) is 0 Å². The molecule has 0 amide bonds. The highest BCUT2D eigenvalue weighted by Crippen LogP contribution is 2.49. The van der Waals surface area contributed by atoms with E-state index in [1.54, 1.807) is 0 Å². The first-order valence-electron chi connectivity index (χ1n) is 8.27. The zero-order valence-electron chi connectivity index (χ0n) is 13.8. The largest absolute Gasteiger partial charge is 0.487 e. The summed E-state index contributed by atoms with van der Waals surface area (Å²) in [6.45, 7) is 9.07. The second-order valence-electron chi connectivity index (χ2n) is 8.19. The molecule has 1 aliphatic heterocycles. The molecule has 2 aliphatic rings. The molecule has 2 nitrogen and oxygen atoms in total. The third kappa shape index (κ3) is 2.83. The molecule has 116 valence electrons. The van der Waals surface area contributed by atoms with Gasteiger partial charge in [0.1, 0.15) is 11.4 Å². The summed E-state index contributed by atoms with van der Waals surface area (Å²) in [5.74, 6) is 1.66. The average molecular weight is 288 g/mol. The minimum absolute atomic E-state index is 0.135. The Labute approximate surface area is 128 Å². The molecule has 1 fully saturated rings. The van der Waals surface area contributed by atoms with Crippen LogP contribution in [0, 0.1) is 18.3 Å². The van der Waals surface area contributed by atoms with Crippen molar-refractivity contribution in [2.45, 2.75) is 71.5 Å². The molecule has 1 saturated carbocycles. The maximum absolute atomic E-state index is 10.5. The molecule has 0 saturated heterocycles. The van der Waals surface area contributed by atoms with Crippen LogP contribution in [0.4, 0.5) is 0 Å². The molecule has 1 unspecified atom stereocenters. The van der Waals surface area contributed by atoms with Crippen molar-refractivity contribution < 1.29 is 9.84 Å². The van der Waals surface area contributed by atoms with Crippen LogP contribution in [0.3, 0.4) is 0 Å². The third-order valence-electron chi connectivity index (χ3n) is 5.54. The molecule has 2 heteroatoms. The maximum atomic E-state index is 10.5. The molecule has 1 N–H and O–H groups in total. The standard InChI is InChI=1S/C19H28O2/c1-13-5-6-17-15(11-13)16(20)12-19(21-17)9-7-14(8-10-19)18(2,3)4/h5-6,11,14,16,20H,7-10,12H2,1-4H3. The van der Waals surface area contributed by atoms with Gasteiger partial charge in [0.05, 0.1) is 6.10 Å². The number of hydrogen-bond acceptors (Lipinski definition) is 2. The van der Waals surface area contributed by atoms with Crippen molar-refractivity contribution in [2.24, 2.45) is 11.3 Å². The van der Waals surface area contributed by atoms with Gasteiger partial charge in [0, 0.05) is 12.0 Å². The highest BCUT2D eigenvalue weighted by atomic mass is 16.5. The second kappa shape index (κ2) is 5.01. The number of aliphatic hydroxyl groups is 1. The minimum atomic E-state index is -0.375. The van der Waals surface area contributed by atoms with E-state index in [2.05, 4.69) is 39.8 Å². The van der Waals surface area contributed by atoms with Gasteiger partial charge in [-0.25, -0.2) is 0 Å². The summed E-state index contributed by atoms with van der Waals surface area (Å²) >= 11 is 0. The Morgan fingerprint density at radius 1 is 1.19 bits per heavy atom. The molecule has 1 aromatic carbocycles. The Balaban J connectivity index is 1.79. The van der Waals surface area contributed by atoms with Crippen LogP contribution in [0.15, 0.2) is 18.2 Å². The minimum Gasteiger partial charge on any atom is -0.487 e. The Morgan fingerprint density at radius 2 is 1.86 bits per heavy atom. The predicted octanol–water partition coefficient (Wildman–Crippen LogP) is 4.79. The predicted molar refractivity (Wildman–Crippen MR) is 85.5 cm³/mol. The lowest BCUT2D eigenvalue weighted by atomic mass is 9.66. The summed E-state index contributed by atoms with van der Waals surface area (Å²) in [4.78, 5) is 0. The molecule has 0 aromatic heterocycles. The molecule has 21 heavy (non-hydrogen) atoms. The fourth-order valence-corrected chi connectivity index (χ4v) is 4.07. The van der Waals surface area contributed by atoms with Gasteiger partial charge in [-0.15, -0.1) is 0 Å². The van der Waals surface area contributed by atoms with E-state index in [0.717, 1.165) is 36.5 Å². The fourth-order valence-electron chi connectivity index (χ4n) is 4.07. The molecular formula is C19H28O2. The lowest BCUT2D eigenvalue weighted by molar-refractivity contribution is -0.0564. The second-order valence-corrected chi connectivity index (χ2v) is 8.19. The highest BCUT2D eigenvalue weighted by Gasteiger charge is 2.44. The van der Waals surface area contributed by atoms with E-state index in [4.69, 9.17) is 4.74 Å². The van der Waals surface area contributed by atoms with Crippen molar-refractivity contribution >= 4 is 0 Å². The van der Waals surface area contributed by atoms with E-state index in [0.29, 0.717) is 5.41 Å². The summed E-state index contributed by atoms with van der Waals surface area (Å²) < 4.78 is 6.39. The first kappa shape index (κ1) is 14.9. The zero-order valence-corrected chi connectivity index (χ0v) is 13.8. The van der Waals surface area contributed by atoms with Gasteiger partial charge in [0.25, 0.3) is 0 Å². The van der Waals surface area contributed by atoms with Gasteiger partial charge in [-0.05, 0) is 56.1 Å². The topological polar surface area (TPSA) is 29.5 Å². The molecule has 1 heterocycles. The van der Waals surface area contributed by atoms with Crippen LogP contribution in [0.5, 0.6) is 5.75 Å². The van der Waals surface area contributed by atoms with Gasteiger partial charge >= 0.3 is 0 Å². The lowest BCUT2D eigenvalue weighted by Crippen LogP contribution is -2.45. The van der Waals surface area contributed by atoms with Crippen LogP contribution in [-0.2, 0) is 0 Å². The third-order valence-corrected chi connectivity index (χ3v) is 5.54. The van der Waals surface area contributed by atoms with Crippen molar-refractivity contribution in [2.75, 3.05) is 0 Å². The van der Waals surface area contributed by atoms with Crippen LogP contribution in [-0.4, -0.2) is 10.7 Å². The normalized spacial score (nSPS) is 32.6. The number of ether oxygens (including phenoxy) is 1. The molecule has 3 rings (SSSR count). The molecule has 0 bridgehead atoms. The van der Waals surface area contributed by atoms with Gasteiger partial charge in [0.15, 0.2) is 0 Å². The summed E-state index contributed by atoms with van der Waals surface area (Å²) in [5, 5.41) is 10.5. The van der Waals surface area contributed by atoms with Crippen molar-refractivity contribution in [3.8, 4) is 5.75 Å². The average Bonchev–Trinajstić information content (AvgIpc) is 2.39. The van der Waals surface area contributed by atoms with E-state index in [1.165, 1.54) is 18.4 Å². The van der Waals surface area contributed by atoms with E-state index < -0.39 is 0 Å². The van der Waals surface area contributed by atoms with E-state index in [9.17, 15) is 5.11 Å². The smallest absolute Gasteiger partial charge is 0.125 e. The number of rotatable bonds is 0. The molecule has 1 aromatic rings. The van der Waals surface area contributed by atoms with Crippen molar-refractivity contribution in [1.29, 1.82) is 0 Å². The molecule has 1 spiro atoms. The van der Waals surface area contributed by atoms with Gasteiger partial charge in [-0.1, -0.05) is 32.4 Å². The number of benzene rings is 1. The number of aryl methyl sites for hydroxylation is 1. The Hall–Kier alpha value is -1.02. The number of aliphatic hydroxyl groups excluding tert-OH is 1. The van der Waals surface area contributed by atoms with Gasteiger partial charge in [-0.2, -0.15) is 0 Å². The Kier molecular flexibility index (Phi) is 3.56. The highest BCUT2D eigenvalue weighted by molar-refractivity contribution is 5.41. The van der Waals surface area contributed by atoms with Crippen molar-refractivity contribution in [3.63, 3.8) is 0 Å². The molecule has 0 radical (unpaired) electrons. The molecule has 1 atom stereocenters. The van der Waals surface area contributed by atoms with Gasteiger partial charge < -0.3 is 9.84 Å². The van der Waals surface area contributed by atoms with Gasteiger partial charge in [0.2, 0.25) is 0 Å². The lowest BCUT2D eigenvalue weighted by Gasteiger charge is -2.47. The monoisotopic (exact) mass is 288 g/mol. The maximum Gasteiger partial charge on any atom is 0.125 e. The van der Waals surface area contributed by atoms with Gasteiger partial charge in [-0.3, -0.25) is 0 Å². The number of hydrogen-bond donors (Lipinski definition) is 1. The Bertz CT molecular complexity index is 519. The van der Waals surface area contributed by atoms with Crippen LogP contribution in [0.25, 0.3) is 0 Å². The first-order valence-corrected chi connectivity index (χ1v) is 8.27. The summed E-state index contributed by atoms with van der Waals surface area (Å²) in [5.41, 5.74) is 2.40. The number of fused-ring (bicyclic) bond motifs is 1.